The third kappa shape index (κ3) is 3.16. The van der Waals surface area contributed by atoms with Crippen LogP contribution in [0.15, 0.2) is 29.3 Å². The Balaban J connectivity index is 1.59. The molecule has 4 rings (SSSR count). The first kappa shape index (κ1) is 17.0. The van der Waals surface area contributed by atoms with E-state index in [0.717, 1.165) is 30.8 Å². The van der Waals surface area contributed by atoms with Gasteiger partial charge < -0.3 is 13.8 Å². The maximum atomic E-state index is 6.11. The molecular formula is C18H24N6O2. The Morgan fingerprint density at radius 2 is 2.23 bits per heavy atom. The van der Waals surface area contributed by atoms with Crippen LogP contribution >= 0.6 is 0 Å². The molecule has 3 aromatic rings. The Morgan fingerprint density at radius 1 is 1.35 bits per heavy atom. The Bertz CT molecular complexity index is 865. The molecule has 0 unspecified atom stereocenters. The predicted octanol–water partition coefficient (Wildman–Crippen LogP) is 2.81. The molecular weight excluding hydrogens is 332 g/mol. The van der Waals surface area contributed by atoms with Crippen LogP contribution in [-0.4, -0.2) is 36.1 Å². The van der Waals surface area contributed by atoms with Crippen molar-refractivity contribution in [3.63, 3.8) is 0 Å². The molecule has 8 heteroatoms. The lowest BCUT2D eigenvalue weighted by Crippen LogP contribution is -2.24. The summed E-state index contributed by atoms with van der Waals surface area (Å²) >= 11 is 0. The van der Waals surface area contributed by atoms with Crippen LogP contribution in [0.1, 0.15) is 67.9 Å². The molecule has 26 heavy (non-hydrogen) atoms. The van der Waals surface area contributed by atoms with Gasteiger partial charge >= 0.3 is 0 Å². The van der Waals surface area contributed by atoms with Crippen LogP contribution in [0.2, 0.25) is 0 Å². The van der Waals surface area contributed by atoms with Crippen LogP contribution in [0.5, 0.6) is 0 Å². The maximum absolute atomic E-state index is 6.11. The van der Waals surface area contributed by atoms with Crippen LogP contribution in [0.3, 0.4) is 0 Å². The maximum Gasteiger partial charge on any atom is 0.232 e. The molecule has 0 radical (unpaired) electrons. The van der Waals surface area contributed by atoms with Crippen molar-refractivity contribution in [2.24, 2.45) is 7.05 Å². The minimum absolute atomic E-state index is 0.0470. The number of hydrogen-bond donors (Lipinski definition) is 0. The Morgan fingerprint density at radius 3 is 3.00 bits per heavy atom. The molecule has 2 atom stereocenters. The fourth-order valence-electron chi connectivity index (χ4n) is 3.51. The lowest BCUT2D eigenvalue weighted by Gasteiger charge is -2.30. The summed E-state index contributed by atoms with van der Waals surface area (Å²) in [5, 5.41) is 8.62. The van der Waals surface area contributed by atoms with E-state index in [2.05, 4.69) is 34.1 Å². The molecule has 3 aromatic heterocycles. The minimum atomic E-state index is -0.112. The van der Waals surface area contributed by atoms with Crippen LogP contribution in [-0.2, 0) is 18.2 Å². The second kappa shape index (κ2) is 7.03. The second-order valence-corrected chi connectivity index (χ2v) is 7.06. The van der Waals surface area contributed by atoms with E-state index >= 15 is 0 Å². The van der Waals surface area contributed by atoms with E-state index in [4.69, 9.17) is 9.26 Å². The molecule has 0 amide bonds. The summed E-state index contributed by atoms with van der Waals surface area (Å²) in [6.45, 7) is 4.97. The van der Waals surface area contributed by atoms with Crippen LogP contribution in [0, 0.1) is 0 Å². The van der Waals surface area contributed by atoms with E-state index in [1.54, 1.807) is 6.33 Å². The number of imidazole rings is 1. The monoisotopic (exact) mass is 356 g/mol. The molecule has 1 aliphatic heterocycles. The van der Waals surface area contributed by atoms with Gasteiger partial charge in [0, 0.05) is 37.8 Å². The molecule has 138 valence electrons. The van der Waals surface area contributed by atoms with Gasteiger partial charge in [-0.1, -0.05) is 5.16 Å². The number of rotatable bonds is 5. The zero-order valence-electron chi connectivity index (χ0n) is 15.4. The zero-order valence-corrected chi connectivity index (χ0v) is 15.4. The van der Waals surface area contributed by atoms with Crippen molar-refractivity contribution in [1.29, 1.82) is 0 Å². The summed E-state index contributed by atoms with van der Waals surface area (Å²) in [5.41, 5.74) is 2.11. The van der Waals surface area contributed by atoms with Crippen molar-refractivity contribution in [2.45, 2.75) is 51.2 Å². The summed E-state index contributed by atoms with van der Waals surface area (Å²) in [5.74, 6) is 1.36. The summed E-state index contributed by atoms with van der Waals surface area (Å²) in [4.78, 5) is 8.79. The highest BCUT2D eigenvalue weighted by molar-refractivity contribution is 5.14. The molecule has 0 N–H and O–H groups in total. The summed E-state index contributed by atoms with van der Waals surface area (Å²) in [7, 11) is 1.96. The molecule has 1 fully saturated rings. The van der Waals surface area contributed by atoms with E-state index < -0.39 is 0 Å². The van der Waals surface area contributed by atoms with Gasteiger partial charge in [0.15, 0.2) is 5.82 Å². The predicted molar refractivity (Wildman–Crippen MR) is 93.6 cm³/mol. The Hall–Kier alpha value is -2.48. The van der Waals surface area contributed by atoms with E-state index in [9.17, 15) is 0 Å². The summed E-state index contributed by atoms with van der Waals surface area (Å²) < 4.78 is 15.7. The van der Waals surface area contributed by atoms with E-state index in [1.807, 2.05) is 34.8 Å². The molecule has 0 bridgehead atoms. The van der Waals surface area contributed by atoms with Gasteiger partial charge in [0.1, 0.15) is 6.10 Å². The number of aryl methyl sites for hydroxylation is 1. The molecule has 0 saturated carbocycles. The fraction of sp³-hybridized carbons (Fsp3) is 0.556. The highest BCUT2D eigenvalue weighted by atomic mass is 16.5. The van der Waals surface area contributed by atoms with Gasteiger partial charge in [0.05, 0.1) is 24.4 Å². The van der Waals surface area contributed by atoms with E-state index in [1.165, 1.54) is 0 Å². The van der Waals surface area contributed by atoms with Gasteiger partial charge in [0.25, 0.3) is 0 Å². The molecule has 0 aromatic carbocycles. The molecule has 1 aliphatic rings. The number of nitrogens with zero attached hydrogens (tertiary/aromatic N) is 6. The molecule has 1 saturated heterocycles. The van der Waals surface area contributed by atoms with Crippen molar-refractivity contribution in [3.8, 4) is 0 Å². The average molecular weight is 356 g/mol. The molecule has 0 aliphatic carbocycles. The standard InChI is InChI=1S/C18H24N6O2/c1-12(2)24-15(6-7-20-24)17-14(5-4-8-25-17)18-21-16(22-26-18)9-13-10-19-11-23(13)3/h6-7,10-12,14,17H,4-5,8-9H2,1-3H3/t14-,17-/m1/s1. The van der Waals surface area contributed by atoms with E-state index in [-0.39, 0.29) is 18.1 Å². The van der Waals surface area contributed by atoms with Crippen molar-refractivity contribution in [3.05, 3.63) is 47.9 Å². The van der Waals surface area contributed by atoms with Crippen molar-refractivity contribution >= 4 is 0 Å². The van der Waals surface area contributed by atoms with Gasteiger partial charge in [0.2, 0.25) is 5.89 Å². The normalized spacial score (nSPS) is 20.8. The Kier molecular flexibility index (Phi) is 4.58. The number of aromatic nitrogens is 6. The highest BCUT2D eigenvalue weighted by Crippen LogP contribution is 2.40. The Labute approximate surface area is 152 Å². The third-order valence-electron chi connectivity index (χ3n) is 4.86. The van der Waals surface area contributed by atoms with E-state index in [0.29, 0.717) is 18.1 Å². The van der Waals surface area contributed by atoms with Crippen molar-refractivity contribution in [2.75, 3.05) is 6.61 Å². The van der Waals surface area contributed by atoms with Crippen LogP contribution in [0.25, 0.3) is 0 Å². The lowest BCUT2D eigenvalue weighted by atomic mass is 9.92. The number of ether oxygens (including phenoxy) is 1. The van der Waals surface area contributed by atoms with Gasteiger partial charge in [-0.25, -0.2) is 4.98 Å². The fourth-order valence-corrected chi connectivity index (χ4v) is 3.51. The quantitative estimate of drug-likeness (QED) is 0.699. The summed E-state index contributed by atoms with van der Waals surface area (Å²) in [6.07, 6.45) is 7.85. The van der Waals surface area contributed by atoms with Crippen LogP contribution < -0.4 is 0 Å². The van der Waals surface area contributed by atoms with Gasteiger partial charge in [-0.15, -0.1) is 0 Å². The first-order chi connectivity index (χ1) is 12.6. The SMILES string of the molecule is CC(C)n1nccc1[C@@H]1OCCC[C@H]1c1nc(Cc2cncn2C)no1. The van der Waals surface area contributed by atoms with Gasteiger partial charge in [-0.05, 0) is 32.8 Å². The highest BCUT2D eigenvalue weighted by Gasteiger charge is 2.35. The molecule has 0 spiro atoms. The lowest BCUT2D eigenvalue weighted by molar-refractivity contribution is -0.0159. The van der Waals surface area contributed by atoms with Crippen molar-refractivity contribution in [1.82, 2.24) is 29.5 Å². The zero-order chi connectivity index (χ0) is 18.1. The van der Waals surface area contributed by atoms with Crippen LogP contribution in [0.4, 0.5) is 0 Å². The first-order valence-electron chi connectivity index (χ1n) is 9.06. The average Bonchev–Trinajstić information content (AvgIpc) is 3.37. The smallest absolute Gasteiger partial charge is 0.232 e. The van der Waals surface area contributed by atoms with Gasteiger partial charge in [-0.3, -0.25) is 4.68 Å². The third-order valence-corrected chi connectivity index (χ3v) is 4.86. The largest absolute Gasteiger partial charge is 0.371 e. The molecule has 8 nitrogen and oxygen atoms in total. The van der Waals surface area contributed by atoms with Gasteiger partial charge in [-0.2, -0.15) is 10.1 Å². The van der Waals surface area contributed by atoms with Crippen molar-refractivity contribution < 1.29 is 9.26 Å². The summed E-state index contributed by atoms with van der Waals surface area (Å²) in [6, 6.07) is 2.30. The first-order valence-corrected chi connectivity index (χ1v) is 9.06. The molecule has 4 heterocycles. The number of hydrogen-bond acceptors (Lipinski definition) is 6. The second-order valence-electron chi connectivity index (χ2n) is 7.06. The topological polar surface area (TPSA) is 83.8 Å². The minimum Gasteiger partial charge on any atom is -0.371 e.